The van der Waals surface area contributed by atoms with Gasteiger partial charge in [0.05, 0.1) is 29.7 Å². The van der Waals surface area contributed by atoms with Crippen LogP contribution in [0.2, 0.25) is 5.02 Å². The molecule has 6 rings (SSSR count). The highest BCUT2D eigenvalue weighted by molar-refractivity contribution is 6.30. The lowest BCUT2D eigenvalue weighted by molar-refractivity contribution is 0.194. The van der Waals surface area contributed by atoms with Gasteiger partial charge in [-0.05, 0) is 67.1 Å². The molecule has 3 aromatic carbocycles. The van der Waals surface area contributed by atoms with Crippen LogP contribution in [0.5, 0.6) is 0 Å². The minimum absolute atomic E-state index is 0.267. The maximum atomic E-state index is 14.4. The Labute approximate surface area is 218 Å². The third-order valence-electron chi connectivity index (χ3n) is 6.59. The van der Waals surface area contributed by atoms with Gasteiger partial charge < -0.3 is 14.8 Å². The fourth-order valence-electron chi connectivity index (χ4n) is 4.94. The predicted molar refractivity (Wildman–Crippen MR) is 142 cm³/mol. The molecule has 3 heterocycles. The van der Waals surface area contributed by atoms with Crippen LogP contribution >= 0.6 is 11.6 Å². The molecule has 1 unspecified atom stereocenters. The number of para-hydroxylation sites is 1. The largest absolute Gasteiger partial charge is 0.322 e. The molecule has 2 amide bonds. The van der Waals surface area contributed by atoms with E-state index in [0.717, 1.165) is 28.5 Å². The number of fused-ring (bicyclic) bond motifs is 3. The van der Waals surface area contributed by atoms with E-state index >= 15 is 0 Å². The first-order valence-corrected chi connectivity index (χ1v) is 12.3. The Balaban J connectivity index is 1.54. The first-order valence-electron chi connectivity index (χ1n) is 11.9. The zero-order valence-electron chi connectivity index (χ0n) is 20.0. The second-order valence-electron chi connectivity index (χ2n) is 8.96. The van der Waals surface area contributed by atoms with Crippen LogP contribution in [0.1, 0.15) is 28.6 Å². The van der Waals surface area contributed by atoms with Gasteiger partial charge in [-0.2, -0.15) is 5.10 Å². The number of anilines is 1. The molecule has 37 heavy (non-hydrogen) atoms. The number of aromatic nitrogens is 3. The fourth-order valence-corrected chi connectivity index (χ4v) is 5.13. The van der Waals surface area contributed by atoms with Crippen LogP contribution < -0.4 is 5.32 Å². The smallest absolute Gasteiger partial charge is 0.308 e. The molecule has 0 fully saturated rings. The van der Waals surface area contributed by atoms with Crippen LogP contribution in [0, 0.1) is 12.7 Å². The number of aryl methyl sites for hydroxylation is 1. The van der Waals surface area contributed by atoms with E-state index in [0.29, 0.717) is 16.3 Å². The van der Waals surface area contributed by atoms with Gasteiger partial charge in [-0.15, -0.1) is 0 Å². The number of carbonyl (C=O) groups is 1. The predicted octanol–water partition coefficient (Wildman–Crippen LogP) is 6.90. The summed E-state index contributed by atoms with van der Waals surface area (Å²) in [4.78, 5) is 15.6. The molecule has 1 aliphatic heterocycles. The average Bonchev–Trinajstić information content (AvgIpc) is 3.45. The molecule has 1 atom stereocenters. The summed E-state index contributed by atoms with van der Waals surface area (Å²) in [5.74, 6) is 0.488. The first kappa shape index (κ1) is 23.1. The lowest BCUT2D eigenvalue weighted by Gasteiger charge is -2.31. The topological polar surface area (TPSA) is 55.1 Å². The number of carbonyl (C=O) groups excluding carboxylic acids is 1. The van der Waals surface area contributed by atoms with Crippen molar-refractivity contribution in [2.45, 2.75) is 19.5 Å². The molecule has 0 spiro atoms. The number of halogens is 2. The molecular formula is C29H23ClFN5O. The number of amides is 2. The molecular weight excluding hydrogens is 489 g/mol. The van der Waals surface area contributed by atoms with Gasteiger partial charge in [0.1, 0.15) is 11.6 Å². The highest BCUT2D eigenvalue weighted by atomic mass is 35.5. The fraction of sp³-hybridized carbons (Fsp3) is 0.103. The molecule has 0 aliphatic carbocycles. The van der Waals surface area contributed by atoms with Crippen LogP contribution in [0.15, 0.2) is 97.2 Å². The monoisotopic (exact) mass is 511 g/mol. The highest BCUT2D eigenvalue weighted by Crippen LogP contribution is 2.39. The van der Waals surface area contributed by atoms with E-state index in [-0.39, 0.29) is 18.4 Å². The molecule has 6 nitrogen and oxygen atoms in total. The normalized spacial score (nSPS) is 14.6. The first-order chi connectivity index (χ1) is 18.0. The van der Waals surface area contributed by atoms with E-state index in [2.05, 4.69) is 5.32 Å². The maximum Gasteiger partial charge on any atom is 0.322 e. The Kier molecular flexibility index (Phi) is 5.77. The second-order valence-corrected chi connectivity index (χ2v) is 9.40. The molecule has 0 saturated carbocycles. The molecule has 1 N–H and O–H groups in total. The number of rotatable bonds is 3. The van der Waals surface area contributed by atoms with Gasteiger partial charge in [0.25, 0.3) is 0 Å². The SMILES string of the molecule is Cc1nn(-c2ccccc2)c2c1CN(C(=O)Nc1cccc(Cl)c1)C(c1cccc(F)c1)c1cccn1-2. The van der Waals surface area contributed by atoms with Gasteiger partial charge in [-0.25, -0.2) is 13.9 Å². The zero-order valence-corrected chi connectivity index (χ0v) is 20.7. The van der Waals surface area contributed by atoms with Crippen molar-refractivity contribution in [3.63, 3.8) is 0 Å². The van der Waals surface area contributed by atoms with Gasteiger partial charge in [0.2, 0.25) is 0 Å². The molecule has 1 aliphatic rings. The highest BCUT2D eigenvalue weighted by Gasteiger charge is 2.36. The van der Waals surface area contributed by atoms with Gasteiger partial charge in [-0.3, -0.25) is 0 Å². The molecule has 184 valence electrons. The van der Waals surface area contributed by atoms with Gasteiger partial charge in [0.15, 0.2) is 0 Å². The summed E-state index contributed by atoms with van der Waals surface area (Å²) in [5.41, 5.74) is 4.68. The molecule has 5 aromatic rings. The number of hydrogen-bond donors (Lipinski definition) is 1. The Morgan fingerprint density at radius 3 is 2.59 bits per heavy atom. The van der Waals surface area contributed by atoms with E-state index in [1.165, 1.54) is 12.1 Å². The summed E-state index contributed by atoms with van der Waals surface area (Å²) in [6, 6.07) is 26.3. The number of hydrogen-bond acceptors (Lipinski definition) is 2. The lowest BCUT2D eigenvalue weighted by atomic mass is 10.0. The third-order valence-corrected chi connectivity index (χ3v) is 6.82. The van der Waals surface area contributed by atoms with Crippen molar-refractivity contribution < 1.29 is 9.18 Å². The molecule has 8 heteroatoms. The number of nitrogens with zero attached hydrogens (tertiary/aromatic N) is 4. The van der Waals surface area contributed by atoms with Crippen molar-refractivity contribution >= 4 is 23.3 Å². The Bertz CT molecular complexity index is 1610. The molecule has 0 saturated heterocycles. The zero-order chi connectivity index (χ0) is 25.5. The van der Waals surface area contributed by atoms with E-state index in [1.807, 2.05) is 70.9 Å². The quantitative estimate of drug-likeness (QED) is 0.286. The van der Waals surface area contributed by atoms with Crippen LogP contribution in [-0.2, 0) is 6.54 Å². The average molecular weight is 512 g/mol. The lowest BCUT2D eigenvalue weighted by Crippen LogP contribution is -2.38. The van der Waals surface area contributed by atoms with Gasteiger partial charge in [0, 0.05) is 22.5 Å². The van der Waals surface area contributed by atoms with Crippen molar-refractivity contribution in [1.29, 1.82) is 0 Å². The maximum absolute atomic E-state index is 14.4. The van der Waals surface area contributed by atoms with Crippen LogP contribution in [0.3, 0.4) is 0 Å². The Morgan fingerprint density at radius 2 is 1.81 bits per heavy atom. The van der Waals surface area contributed by atoms with E-state index in [9.17, 15) is 9.18 Å². The van der Waals surface area contributed by atoms with Crippen LogP contribution in [0.25, 0.3) is 11.5 Å². The van der Waals surface area contributed by atoms with E-state index in [1.54, 1.807) is 35.2 Å². The minimum Gasteiger partial charge on any atom is -0.308 e. The molecule has 2 aromatic heterocycles. The molecule has 0 radical (unpaired) electrons. The van der Waals surface area contributed by atoms with Crippen LogP contribution in [0.4, 0.5) is 14.9 Å². The molecule has 0 bridgehead atoms. The second kappa shape index (κ2) is 9.26. The number of urea groups is 1. The van der Waals surface area contributed by atoms with Crippen LogP contribution in [-0.4, -0.2) is 25.3 Å². The van der Waals surface area contributed by atoms with Gasteiger partial charge in [-0.1, -0.05) is 48.0 Å². The Morgan fingerprint density at radius 1 is 1.00 bits per heavy atom. The minimum atomic E-state index is -0.555. The standard InChI is InChI=1S/C29H23ClFN5O/c1-19-25-18-35(29(37)32-23-11-6-9-21(30)17-23)27(20-8-5-10-22(31)16-20)26-14-7-15-34(26)28(25)36(33-19)24-12-3-2-4-13-24/h2-17,27H,18H2,1H3,(H,32,37). The van der Waals surface area contributed by atoms with Crippen molar-refractivity contribution in [3.05, 3.63) is 131 Å². The number of nitrogens with one attached hydrogen (secondary N) is 1. The van der Waals surface area contributed by atoms with Gasteiger partial charge >= 0.3 is 6.03 Å². The number of benzene rings is 3. The summed E-state index contributed by atoms with van der Waals surface area (Å²) in [6.07, 6.45) is 1.96. The summed E-state index contributed by atoms with van der Waals surface area (Å²) in [6.45, 7) is 2.21. The summed E-state index contributed by atoms with van der Waals surface area (Å²) < 4.78 is 18.4. The summed E-state index contributed by atoms with van der Waals surface area (Å²) >= 11 is 6.16. The van der Waals surface area contributed by atoms with Crippen molar-refractivity contribution in [3.8, 4) is 11.5 Å². The van der Waals surface area contributed by atoms with E-state index < -0.39 is 6.04 Å². The summed E-state index contributed by atoms with van der Waals surface area (Å²) in [5, 5.41) is 8.34. The van der Waals surface area contributed by atoms with Crippen molar-refractivity contribution in [1.82, 2.24) is 19.2 Å². The Hall–Kier alpha value is -4.36. The van der Waals surface area contributed by atoms with Crippen molar-refractivity contribution in [2.24, 2.45) is 0 Å². The third kappa shape index (κ3) is 4.17. The van der Waals surface area contributed by atoms with E-state index in [4.69, 9.17) is 16.7 Å². The van der Waals surface area contributed by atoms with Crippen molar-refractivity contribution in [2.75, 3.05) is 5.32 Å². The summed E-state index contributed by atoms with van der Waals surface area (Å²) in [7, 11) is 0.